The van der Waals surface area contributed by atoms with E-state index in [4.69, 9.17) is 19.9 Å². The molecule has 1 amide bonds. The molecule has 6 nitrogen and oxygen atoms in total. The second-order valence-corrected chi connectivity index (χ2v) is 7.39. The molecule has 6 heteroatoms. The molecule has 1 rings (SSSR count). The maximum Gasteiger partial charge on any atom is 0.242 e. The molecule has 1 aromatic rings. The predicted octanol–water partition coefficient (Wildman–Crippen LogP) is 2.60. The fourth-order valence-corrected chi connectivity index (χ4v) is 2.55. The van der Waals surface area contributed by atoms with E-state index < -0.39 is 12.3 Å². The van der Waals surface area contributed by atoms with Crippen LogP contribution in [0.5, 0.6) is 0 Å². The number of carbonyl (C=O) groups is 1. The molecule has 0 saturated heterocycles. The zero-order valence-electron chi connectivity index (χ0n) is 17.4. The first-order valence-electron chi connectivity index (χ1n) is 9.72. The van der Waals surface area contributed by atoms with Crippen molar-refractivity contribution in [3.8, 4) is 0 Å². The lowest BCUT2D eigenvalue weighted by Gasteiger charge is -2.30. The number of hydrogen-bond donors (Lipinski definition) is 1. The molecule has 0 radical (unpaired) electrons. The average molecular weight is 381 g/mol. The first-order valence-corrected chi connectivity index (χ1v) is 9.72. The highest BCUT2D eigenvalue weighted by Gasteiger charge is 2.26. The molecule has 0 spiro atoms. The van der Waals surface area contributed by atoms with Crippen molar-refractivity contribution in [2.75, 3.05) is 32.9 Å². The van der Waals surface area contributed by atoms with Gasteiger partial charge in [0.15, 0.2) is 6.29 Å². The Balaban J connectivity index is 2.78. The number of rotatable bonds is 12. The van der Waals surface area contributed by atoms with Gasteiger partial charge in [0.1, 0.15) is 6.04 Å². The van der Waals surface area contributed by atoms with Gasteiger partial charge in [0.25, 0.3) is 0 Å². The van der Waals surface area contributed by atoms with E-state index in [1.165, 1.54) is 5.56 Å². The molecule has 0 aliphatic rings. The maximum atomic E-state index is 12.9. The first kappa shape index (κ1) is 23.6. The highest BCUT2D eigenvalue weighted by molar-refractivity contribution is 5.81. The molecule has 0 unspecified atom stereocenters. The highest BCUT2D eigenvalue weighted by atomic mass is 16.7. The van der Waals surface area contributed by atoms with E-state index in [9.17, 15) is 4.79 Å². The molecule has 154 valence electrons. The van der Waals surface area contributed by atoms with Crippen molar-refractivity contribution in [3.63, 3.8) is 0 Å². The quantitative estimate of drug-likeness (QED) is 0.564. The molecule has 0 aliphatic carbocycles. The summed E-state index contributed by atoms with van der Waals surface area (Å²) in [7, 11) is 0. The van der Waals surface area contributed by atoms with Crippen LogP contribution in [0.1, 0.15) is 40.2 Å². The topological polar surface area (TPSA) is 74.0 Å². The molecule has 0 saturated carbocycles. The number of benzene rings is 1. The lowest BCUT2D eigenvalue weighted by Crippen LogP contribution is -2.50. The second-order valence-electron chi connectivity index (χ2n) is 7.39. The van der Waals surface area contributed by atoms with Gasteiger partial charge in [-0.25, -0.2) is 0 Å². The maximum absolute atomic E-state index is 12.9. The van der Waals surface area contributed by atoms with E-state index in [0.29, 0.717) is 26.3 Å². The summed E-state index contributed by atoms with van der Waals surface area (Å²) >= 11 is 0. The molecule has 2 N–H and O–H groups in total. The Morgan fingerprint density at radius 3 is 2.22 bits per heavy atom. The van der Waals surface area contributed by atoms with Crippen LogP contribution in [0.15, 0.2) is 30.3 Å². The Bertz CT molecular complexity index is 525. The molecule has 1 aromatic carbocycles. The van der Waals surface area contributed by atoms with Crippen LogP contribution in [0.25, 0.3) is 0 Å². The van der Waals surface area contributed by atoms with Crippen LogP contribution in [0.3, 0.4) is 0 Å². The smallest absolute Gasteiger partial charge is 0.242 e. The van der Waals surface area contributed by atoms with Gasteiger partial charge < -0.3 is 24.8 Å². The van der Waals surface area contributed by atoms with Gasteiger partial charge in [0.05, 0.1) is 18.8 Å². The standard InChI is InChI=1S/C21H36N2O4/c1-6-25-19(26-7-2)15-23(14-13-17-11-9-8-10-12-17)20(24)18(22)16-27-21(3,4)5/h8-12,18-19H,6-7,13-16,22H2,1-5H3/t18-/m0/s1. The lowest BCUT2D eigenvalue weighted by atomic mass is 10.1. The Kier molecular flexibility index (Phi) is 10.5. The monoisotopic (exact) mass is 380 g/mol. The summed E-state index contributed by atoms with van der Waals surface area (Å²) in [5, 5.41) is 0. The molecule has 0 bridgehead atoms. The summed E-state index contributed by atoms with van der Waals surface area (Å²) in [5.74, 6) is -0.153. The minimum atomic E-state index is -0.719. The van der Waals surface area contributed by atoms with Crippen LogP contribution < -0.4 is 5.73 Å². The Morgan fingerprint density at radius 1 is 1.11 bits per heavy atom. The minimum Gasteiger partial charge on any atom is -0.374 e. The van der Waals surface area contributed by atoms with Crippen molar-refractivity contribution in [3.05, 3.63) is 35.9 Å². The van der Waals surface area contributed by atoms with Crippen molar-refractivity contribution in [1.82, 2.24) is 4.90 Å². The molecule has 0 heterocycles. The number of nitrogens with two attached hydrogens (primary N) is 1. The van der Waals surface area contributed by atoms with E-state index in [2.05, 4.69) is 0 Å². The number of carbonyl (C=O) groups excluding carboxylic acids is 1. The summed E-state index contributed by atoms with van der Waals surface area (Å²) in [6.45, 7) is 11.7. The SMILES string of the molecule is CCOC(CN(CCc1ccccc1)C(=O)[C@@H](N)COC(C)(C)C)OCC. The third-order valence-corrected chi connectivity index (χ3v) is 3.91. The summed E-state index contributed by atoms with van der Waals surface area (Å²) in [6, 6.07) is 9.35. The zero-order chi connectivity index (χ0) is 20.3. The van der Waals surface area contributed by atoms with Crippen molar-refractivity contribution in [1.29, 1.82) is 0 Å². The lowest BCUT2D eigenvalue weighted by molar-refractivity contribution is -0.160. The number of hydrogen-bond acceptors (Lipinski definition) is 5. The molecule has 0 fully saturated rings. The Hall–Kier alpha value is -1.47. The summed E-state index contributed by atoms with van der Waals surface area (Å²) in [4.78, 5) is 14.7. The van der Waals surface area contributed by atoms with Crippen molar-refractivity contribution in [2.24, 2.45) is 5.73 Å². The van der Waals surface area contributed by atoms with Crippen LogP contribution in [-0.2, 0) is 25.4 Å². The molecule has 1 atom stereocenters. The van der Waals surface area contributed by atoms with Crippen molar-refractivity contribution in [2.45, 2.75) is 59.0 Å². The van der Waals surface area contributed by atoms with Gasteiger partial charge >= 0.3 is 0 Å². The highest BCUT2D eigenvalue weighted by Crippen LogP contribution is 2.10. The van der Waals surface area contributed by atoms with Gasteiger partial charge in [-0.15, -0.1) is 0 Å². The number of amides is 1. The van der Waals surface area contributed by atoms with E-state index in [1.807, 2.05) is 65.0 Å². The number of nitrogens with zero attached hydrogens (tertiary/aromatic N) is 1. The van der Waals surface area contributed by atoms with Crippen molar-refractivity contribution < 1.29 is 19.0 Å². The Labute approximate surface area is 164 Å². The molecular weight excluding hydrogens is 344 g/mol. The zero-order valence-corrected chi connectivity index (χ0v) is 17.4. The van der Waals surface area contributed by atoms with Gasteiger partial charge in [-0.3, -0.25) is 4.79 Å². The Morgan fingerprint density at radius 2 is 1.70 bits per heavy atom. The van der Waals surface area contributed by atoms with E-state index >= 15 is 0 Å². The summed E-state index contributed by atoms with van der Waals surface area (Å²) in [5.41, 5.74) is 6.94. The first-order chi connectivity index (χ1) is 12.8. The van der Waals surface area contributed by atoms with Gasteiger partial charge in [-0.05, 0) is 46.6 Å². The predicted molar refractivity (Wildman–Crippen MR) is 107 cm³/mol. The fraction of sp³-hybridized carbons (Fsp3) is 0.667. The van der Waals surface area contributed by atoms with Crippen LogP contribution >= 0.6 is 0 Å². The van der Waals surface area contributed by atoms with E-state index in [0.717, 1.165) is 6.42 Å². The van der Waals surface area contributed by atoms with Crippen LogP contribution in [0.4, 0.5) is 0 Å². The van der Waals surface area contributed by atoms with Crippen molar-refractivity contribution >= 4 is 5.91 Å². The third-order valence-electron chi connectivity index (χ3n) is 3.91. The van der Waals surface area contributed by atoms with Gasteiger partial charge in [0.2, 0.25) is 5.91 Å². The fourth-order valence-electron chi connectivity index (χ4n) is 2.55. The van der Waals surface area contributed by atoms with Gasteiger partial charge in [0, 0.05) is 19.8 Å². The second kappa shape index (κ2) is 12.1. The minimum absolute atomic E-state index is 0.153. The molecule has 0 aliphatic heterocycles. The molecular formula is C21H36N2O4. The third kappa shape index (κ3) is 9.86. The van der Waals surface area contributed by atoms with Crippen LogP contribution in [-0.4, -0.2) is 61.7 Å². The molecule has 0 aromatic heterocycles. The summed E-state index contributed by atoms with van der Waals surface area (Å²) in [6.07, 6.45) is 0.278. The van der Waals surface area contributed by atoms with Gasteiger partial charge in [-0.2, -0.15) is 0 Å². The average Bonchev–Trinajstić information content (AvgIpc) is 2.63. The van der Waals surface area contributed by atoms with Crippen LogP contribution in [0.2, 0.25) is 0 Å². The van der Waals surface area contributed by atoms with E-state index in [-0.39, 0.29) is 18.1 Å². The number of ether oxygens (including phenoxy) is 3. The van der Waals surface area contributed by atoms with Crippen LogP contribution in [0, 0.1) is 0 Å². The van der Waals surface area contributed by atoms with Gasteiger partial charge in [-0.1, -0.05) is 30.3 Å². The largest absolute Gasteiger partial charge is 0.374 e. The summed E-state index contributed by atoms with van der Waals surface area (Å²) < 4.78 is 16.9. The molecule has 27 heavy (non-hydrogen) atoms. The normalized spacial score (nSPS) is 13.0. The van der Waals surface area contributed by atoms with E-state index in [1.54, 1.807) is 4.90 Å².